The topological polar surface area (TPSA) is 66.5 Å². The summed E-state index contributed by atoms with van der Waals surface area (Å²) in [7, 11) is 0. The molecule has 2 rings (SSSR count). The van der Waals surface area contributed by atoms with Crippen LogP contribution in [0.5, 0.6) is 0 Å². The number of nitrogens with one attached hydrogen (secondary N) is 1. The molecule has 0 aromatic carbocycles. The predicted octanol–water partition coefficient (Wildman–Crippen LogP) is 1.94. The Labute approximate surface area is 119 Å². The molecular weight excluding hydrogens is 250 g/mol. The lowest BCUT2D eigenvalue weighted by Gasteiger charge is -2.10. The van der Waals surface area contributed by atoms with E-state index in [0.29, 0.717) is 18.2 Å². The number of nitrogens with zero attached hydrogens (tertiary/aromatic N) is 4. The van der Waals surface area contributed by atoms with Crippen LogP contribution in [0.2, 0.25) is 0 Å². The molecule has 0 radical (unpaired) electrons. The third-order valence-electron chi connectivity index (χ3n) is 2.98. The van der Waals surface area contributed by atoms with Crippen molar-refractivity contribution in [2.24, 2.45) is 5.92 Å². The highest BCUT2D eigenvalue weighted by atomic mass is 15.1. The van der Waals surface area contributed by atoms with Crippen LogP contribution in [0.25, 0.3) is 0 Å². The van der Waals surface area contributed by atoms with Gasteiger partial charge in [-0.3, -0.25) is 0 Å². The van der Waals surface area contributed by atoms with Crippen LogP contribution in [0.3, 0.4) is 0 Å². The van der Waals surface area contributed by atoms with Crippen molar-refractivity contribution in [2.45, 2.75) is 26.9 Å². The number of hydrogen-bond donors (Lipinski definition) is 1. The molecule has 104 valence electrons. The molecule has 5 nitrogen and oxygen atoms in total. The minimum absolute atomic E-state index is 0.474. The molecule has 2 heterocycles. The molecule has 0 aliphatic heterocycles. The Kier molecular flexibility index (Phi) is 4.85. The van der Waals surface area contributed by atoms with Gasteiger partial charge in [-0.05, 0) is 18.5 Å². The summed E-state index contributed by atoms with van der Waals surface area (Å²) >= 11 is 0. The molecule has 0 unspecified atom stereocenters. The molecular formula is C15H19N5. The van der Waals surface area contributed by atoms with Gasteiger partial charge in [-0.25, -0.2) is 9.97 Å². The molecule has 1 N–H and O–H groups in total. The minimum atomic E-state index is 0.474. The largest absolute Gasteiger partial charge is 0.329 e. The van der Waals surface area contributed by atoms with Gasteiger partial charge in [0.25, 0.3) is 0 Å². The van der Waals surface area contributed by atoms with E-state index in [-0.39, 0.29) is 0 Å². The minimum Gasteiger partial charge on any atom is -0.329 e. The van der Waals surface area contributed by atoms with Crippen molar-refractivity contribution >= 4 is 0 Å². The Balaban J connectivity index is 2.07. The van der Waals surface area contributed by atoms with Crippen molar-refractivity contribution in [1.29, 1.82) is 5.26 Å². The van der Waals surface area contributed by atoms with E-state index in [9.17, 15) is 0 Å². The third kappa shape index (κ3) is 3.65. The fraction of sp³-hybridized carbons (Fsp3) is 0.400. The van der Waals surface area contributed by atoms with Crippen LogP contribution in [-0.4, -0.2) is 21.1 Å². The lowest BCUT2D eigenvalue weighted by Crippen LogP contribution is -2.21. The van der Waals surface area contributed by atoms with E-state index in [1.807, 2.05) is 22.9 Å². The lowest BCUT2D eigenvalue weighted by atomic mass is 10.2. The summed E-state index contributed by atoms with van der Waals surface area (Å²) in [6.07, 6.45) is 5.36. The summed E-state index contributed by atoms with van der Waals surface area (Å²) in [5, 5.41) is 12.4. The monoisotopic (exact) mass is 269 g/mol. The summed E-state index contributed by atoms with van der Waals surface area (Å²) in [6.45, 7) is 6.66. The maximum absolute atomic E-state index is 9.07. The zero-order valence-electron chi connectivity index (χ0n) is 11.9. The van der Waals surface area contributed by atoms with E-state index >= 15 is 0 Å². The zero-order valence-corrected chi connectivity index (χ0v) is 11.9. The Bertz CT molecular complexity index is 594. The van der Waals surface area contributed by atoms with Gasteiger partial charge in [0.05, 0.1) is 13.1 Å². The summed E-state index contributed by atoms with van der Waals surface area (Å²) in [5.74, 6) is 1.58. The summed E-state index contributed by atoms with van der Waals surface area (Å²) in [4.78, 5) is 8.44. The molecule has 0 fully saturated rings. The quantitative estimate of drug-likeness (QED) is 0.870. The molecule has 0 atom stereocenters. The zero-order chi connectivity index (χ0) is 14.4. The average Bonchev–Trinajstić information content (AvgIpc) is 2.86. The van der Waals surface area contributed by atoms with Crippen molar-refractivity contribution in [1.82, 2.24) is 19.9 Å². The SMILES string of the molecule is CC(C)CNCc1nccn1Cc1cccnc1C#N. The first-order valence-electron chi connectivity index (χ1n) is 6.75. The summed E-state index contributed by atoms with van der Waals surface area (Å²) in [5.41, 5.74) is 1.39. The van der Waals surface area contributed by atoms with Crippen LogP contribution >= 0.6 is 0 Å². The van der Waals surface area contributed by atoms with E-state index in [0.717, 1.165) is 24.5 Å². The Morgan fingerprint density at radius 1 is 1.35 bits per heavy atom. The fourth-order valence-electron chi connectivity index (χ4n) is 1.97. The molecule has 0 saturated heterocycles. The lowest BCUT2D eigenvalue weighted by molar-refractivity contribution is 0.533. The molecule has 0 spiro atoms. The van der Waals surface area contributed by atoms with E-state index in [4.69, 9.17) is 5.26 Å². The number of pyridine rings is 1. The highest BCUT2D eigenvalue weighted by molar-refractivity contribution is 5.30. The Morgan fingerprint density at radius 3 is 2.95 bits per heavy atom. The molecule has 2 aromatic rings. The normalized spacial score (nSPS) is 10.7. The van der Waals surface area contributed by atoms with Gasteiger partial charge in [-0.1, -0.05) is 19.9 Å². The van der Waals surface area contributed by atoms with Crippen LogP contribution < -0.4 is 5.32 Å². The van der Waals surface area contributed by atoms with Crippen LogP contribution in [0.4, 0.5) is 0 Å². The first-order valence-corrected chi connectivity index (χ1v) is 6.75. The summed E-state index contributed by atoms with van der Waals surface area (Å²) < 4.78 is 2.05. The van der Waals surface area contributed by atoms with Gasteiger partial charge >= 0.3 is 0 Å². The molecule has 5 heteroatoms. The van der Waals surface area contributed by atoms with Crippen molar-refractivity contribution in [2.75, 3.05) is 6.54 Å². The van der Waals surface area contributed by atoms with Gasteiger partial charge in [-0.2, -0.15) is 5.26 Å². The standard InChI is InChI=1S/C15H19N5/c1-12(2)9-17-10-15-19-6-7-20(15)11-13-4-3-5-18-14(13)8-16/h3-7,12,17H,9-11H2,1-2H3. The molecule has 0 bridgehead atoms. The predicted molar refractivity (Wildman–Crippen MR) is 76.8 cm³/mol. The second-order valence-electron chi connectivity index (χ2n) is 5.12. The summed E-state index contributed by atoms with van der Waals surface area (Å²) in [6, 6.07) is 5.90. The number of rotatable bonds is 6. The van der Waals surface area contributed by atoms with Crippen LogP contribution in [-0.2, 0) is 13.1 Å². The Hall–Kier alpha value is -2.19. The van der Waals surface area contributed by atoms with Crippen molar-refractivity contribution in [3.8, 4) is 6.07 Å². The van der Waals surface area contributed by atoms with Crippen molar-refractivity contribution < 1.29 is 0 Å². The van der Waals surface area contributed by atoms with Gasteiger partial charge in [0, 0.05) is 24.2 Å². The molecule has 0 amide bonds. The Morgan fingerprint density at radius 2 is 2.20 bits per heavy atom. The third-order valence-corrected chi connectivity index (χ3v) is 2.98. The first kappa shape index (κ1) is 14.2. The molecule has 0 aliphatic rings. The van der Waals surface area contributed by atoms with Gasteiger partial charge in [0.15, 0.2) is 0 Å². The average molecular weight is 269 g/mol. The first-order chi connectivity index (χ1) is 9.70. The van der Waals surface area contributed by atoms with Crippen LogP contribution in [0.1, 0.15) is 30.9 Å². The highest BCUT2D eigenvalue weighted by Gasteiger charge is 2.07. The van der Waals surface area contributed by atoms with Crippen LogP contribution in [0, 0.1) is 17.2 Å². The second-order valence-corrected chi connectivity index (χ2v) is 5.12. The smallest absolute Gasteiger partial charge is 0.145 e. The fourth-order valence-corrected chi connectivity index (χ4v) is 1.97. The van der Waals surface area contributed by atoms with Gasteiger partial charge in [-0.15, -0.1) is 0 Å². The number of hydrogen-bond acceptors (Lipinski definition) is 4. The van der Waals surface area contributed by atoms with Gasteiger partial charge < -0.3 is 9.88 Å². The maximum Gasteiger partial charge on any atom is 0.145 e. The highest BCUT2D eigenvalue weighted by Crippen LogP contribution is 2.08. The molecule has 2 aromatic heterocycles. The van der Waals surface area contributed by atoms with E-state index in [1.165, 1.54) is 0 Å². The molecule has 20 heavy (non-hydrogen) atoms. The van der Waals surface area contributed by atoms with E-state index in [2.05, 4.69) is 35.2 Å². The number of nitriles is 1. The van der Waals surface area contributed by atoms with Gasteiger partial charge in [0.1, 0.15) is 17.6 Å². The van der Waals surface area contributed by atoms with E-state index in [1.54, 1.807) is 12.4 Å². The molecule has 0 aliphatic carbocycles. The van der Waals surface area contributed by atoms with E-state index < -0.39 is 0 Å². The number of aromatic nitrogens is 3. The van der Waals surface area contributed by atoms with Gasteiger partial charge in [0.2, 0.25) is 0 Å². The molecule has 0 saturated carbocycles. The number of imidazole rings is 1. The van der Waals surface area contributed by atoms with Crippen molar-refractivity contribution in [3.63, 3.8) is 0 Å². The maximum atomic E-state index is 9.07. The van der Waals surface area contributed by atoms with Crippen LogP contribution in [0.15, 0.2) is 30.7 Å². The van der Waals surface area contributed by atoms with Crippen molar-refractivity contribution in [3.05, 3.63) is 47.8 Å². The second kappa shape index (κ2) is 6.83.